The third kappa shape index (κ3) is 4.57. The summed E-state index contributed by atoms with van der Waals surface area (Å²) in [7, 11) is 0. The zero-order chi connectivity index (χ0) is 21.1. The molecule has 3 N–H and O–H groups in total. The van der Waals surface area contributed by atoms with E-state index in [2.05, 4.69) is 23.5 Å². The first kappa shape index (κ1) is 20.6. The van der Waals surface area contributed by atoms with Crippen LogP contribution in [0.3, 0.4) is 0 Å². The number of carbonyl (C=O) groups is 1. The summed E-state index contributed by atoms with van der Waals surface area (Å²) in [5, 5.41) is 23.6. The molecule has 0 saturated carbocycles. The Balaban J connectivity index is 1.43. The summed E-state index contributed by atoms with van der Waals surface area (Å²) in [4.78, 5) is 11.1. The van der Waals surface area contributed by atoms with Crippen molar-refractivity contribution < 1.29 is 15.0 Å². The first-order chi connectivity index (χ1) is 14.5. The maximum Gasteiger partial charge on any atom is 0.335 e. The minimum Gasteiger partial charge on any atom is -0.478 e. The Morgan fingerprint density at radius 2 is 1.77 bits per heavy atom. The van der Waals surface area contributed by atoms with Gasteiger partial charge in [-0.25, -0.2) is 4.79 Å². The van der Waals surface area contributed by atoms with Crippen molar-refractivity contribution in [1.29, 1.82) is 0 Å². The highest BCUT2D eigenvalue weighted by atomic mass is 35.5. The molecule has 0 fully saturated rings. The van der Waals surface area contributed by atoms with E-state index in [9.17, 15) is 9.90 Å². The molecule has 4 nitrogen and oxygen atoms in total. The number of halogens is 1. The van der Waals surface area contributed by atoms with Crippen molar-refractivity contribution in [3.63, 3.8) is 0 Å². The van der Waals surface area contributed by atoms with E-state index in [1.54, 1.807) is 18.2 Å². The second-order valence-electron chi connectivity index (χ2n) is 7.75. The Labute approximate surface area is 181 Å². The molecule has 4 rings (SSSR count). The van der Waals surface area contributed by atoms with Gasteiger partial charge in [0.1, 0.15) is 0 Å². The number of nitrogens with one attached hydrogen (secondary N) is 1. The van der Waals surface area contributed by atoms with Crippen molar-refractivity contribution >= 4 is 17.6 Å². The highest BCUT2D eigenvalue weighted by Crippen LogP contribution is 2.28. The number of benzene rings is 3. The van der Waals surface area contributed by atoms with Crippen molar-refractivity contribution in [1.82, 2.24) is 5.32 Å². The molecule has 0 heterocycles. The predicted molar refractivity (Wildman–Crippen MR) is 119 cm³/mol. The monoisotopic (exact) mass is 421 g/mol. The Hall–Kier alpha value is -2.66. The molecule has 154 valence electrons. The predicted octanol–water partition coefficient (Wildman–Crippen LogP) is 4.89. The topological polar surface area (TPSA) is 69.6 Å². The molecule has 3 aromatic carbocycles. The molecule has 5 heteroatoms. The van der Waals surface area contributed by atoms with E-state index >= 15 is 0 Å². The van der Waals surface area contributed by atoms with Gasteiger partial charge in [-0.1, -0.05) is 60.1 Å². The SMILES string of the molecule is O=C(O)c1ccc(-c2ccc3c(c2)C[C@@H](NC[C@H](O)c2ccccc2Cl)CC3)cc1. The van der Waals surface area contributed by atoms with E-state index < -0.39 is 12.1 Å². The number of carboxylic acid groups (broad SMARTS) is 1. The fourth-order valence-electron chi connectivity index (χ4n) is 4.05. The Morgan fingerprint density at radius 1 is 1.03 bits per heavy atom. The molecule has 2 atom stereocenters. The van der Waals surface area contributed by atoms with Crippen LogP contribution in [0.5, 0.6) is 0 Å². The molecule has 1 aliphatic rings. The average Bonchev–Trinajstić information content (AvgIpc) is 2.77. The zero-order valence-electron chi connectivity index (χ0n) is 16.5. The van der Waals surface area contributed by atoms with Crippen LogP contribution in [0.2, 0.25) is 5.02 Å². The molecule has 0 saturated heterocycles. The van der Waals surface area contributed by atoms with E-state index in [0.717, 1.165) is 36.0 Å². The standard InChI is InChI=1S/C25H24ClNO3/c26-23-4-2-1-3-22(23)24(28)15-27-21-12-11-17-7-10-19(13-20(17)14-21)16-5-8-18(9-6-16)25(29)30/h1-10,13,21,24,27-28H,11-12,14-15H2,(H,29,30)/t21-,24-/m0/s1. The van der Waals surface area contributed by atoms with Gasteiger partial charge in [-0.3, -0.25) is 0 Å². The van der Waals surface area contributed by atoms with Crippen LogP contribution >= 0.6 is 11.6 Å². The van der Waals surface area contributed by atoms with Gasteiger partial charge in [0.25, 0.3) is 0 Å². The lowest BCUT2D eigenvalue weighted by molar-refractivity contribution is 0.0697. The van der Waals surface area contributed by atoms with Crippen LogP contribution in [0.4, 0.5) is 0 Å². The van der Waals surface area contributed by atoms with Crippen LogP contribution in [-0.2, 0) is 12.8 Å². The van der Waals surface area contributed by atoms with Crippen LogP contribution in [0.25, 0.3) is 11.1 Å². The first-order valence-corrected chi connectivity index (χ1v) is 10.5. The minimum absolute atomic E-state index is 0.290. The number of aromatic carboxylic acids is 1. The van der Waals surface area contributed by atoms with Gasteiger partial charge in [-0.15, -0.1) is 0 Å². The summed E-state index contributed by atoms with van der Waals surface area (Å²) in [6, 6.07) is 21.1. The minimum atomic E-state index is -0.917. The number of rotatable bonds is 6. The zero-order valence-corrected chi connectivity index (χ0v) is 17.3. The number of fused-ring (bicyclic) bond motifs is 1. The lowest BCUT2D eigenvalue weighted by atomic mass is 9.86. The molecule has 0 amide bonds. The van der Waals surface area contributed by atoms with Crippen molar-refractivity contribution in [2.45, 2.75) is 31.4 Å². The Morgan fingerprint density at radius 3 is 2.50 bits per heavy atom. The van der Waals surface area contributed by atoms with E-state index in [4.69, 9.17) is 16.7 Å². The van der Waals surface area contributed by atoms with E-state index in [1.165, 1.54) is 11.1 Å². The number of hydrogen-bond donors (Lipinski definition) is 3. The molecular weight excluding hydrogens is 398 g/mol. The van der Waals surface area contributed by atoms with E-state index in [1.807, 2.05) is 30.3 Å². The summed E-state index contributed by atoms with van der Waals surface area (Å²) in [6.07, 6.45) is 2.27. The van der Waals surface area contributed by atoms with Gasteiger partial charge in [0.05, 0.1) is 11.7 Å². The van der Waals surface area contributed by atoms with Gasteiger partial charge in [0.15, 0.2) is 0 Å². The molecule has 0 spiro atoms. The molecule has 0 unspecified atom stereocenters. The highest BCUT2D eigenvalue weighted by molar-refractivity contribution is 6.31. The number of hydrogen-bond acceptors (Lipinski definition) is 3. The van der Waals surface area contributed by atoms with Crippen molar-refractivity contribution in [3.05, 3.63) is 94.0 Å². The fraction of sp³-hybridized carbons (Fsp3) is 0.240. The van der Waals surface area contributed by atoms with E-state index in [-0.39, 0.29) is 5.56 Å². The highest BCUT2D eigenvalue weighted by Gasteiger charge is 2.20. The summed E-state index contributed by atoms with van der Waals surface area (Å²) in [5.74, 6) is -0.917. The van der Waals surface area contributed by atoms with Crippen LogP contribution in [-0.4, -0.2) is 28.8 Å². The maximum absolute atomic E-state index is 11.1. The van der Waals surface area contributed by atoms with E-state index in [0.29, 0.717) is 17.6 Å². The summed E-state index contributed by atoms with van der Waals surface area (Å²) < 4.78 is 0. The third-order valence-electron chi connectivity index (χ3n) is 5.76. The van der Waals surface area contributed by atoms with Crippen LogP contribution in [0.15, 0.2) is 66.7 Å². The smallest absolute Gasteiger partial charge is 0.335 e. The lowest BCUT2D eigenvalue weighted by Crippen LogP contribution is -2.37. The lowest BCUT2D eigenvalue weighted by Gasteiger charge is -2.27. The van der Waals surface area contributed by atoms with Crippen LogP contribution in [0, 0.1) is 0 Å². The third-order valence-corrected chi connectivity index (χ3v) is 6.11. The molecule has 0 aromatic heterocycles. The van der Waals surface area contributed by atoms with Crippen LogP contribution in [0.1, 0.15) is 39.6 Å². The number of carboxylic acids is 1. The van der Waals surface area contributed by atoms with Crippen LogP contribution < -0.4 is 5.32 Å². The Kier molecular flexibility index (Phi) is 6.18. The van der Waals surface area contributed by atoms with Gasteiger partial charge in [-0.05, 0) is 59.7 Å². The summed E-state index contributed by atoms with van der Waals surface area (Å²) in [5.41, 5.74) is 5.78. The largest absolute Gasteiger partial charge is 0.478 e. The first-order valence-electron chi connectivity index (χ1n) is 10.1. The van der Waals surface area contributed by atoms with Gasteiger partial charge < -0.3 is 15.5 Å². The summed E-state index contributed by atoms with van der Waals surface area (Å²) in [6.45, 7) is 0.458. The molecule has 0 aliphatic heterocycles. The van der Waals surface area contributed by atoms with Crippen molar-refractivity contribution in [2.75, 3.05) is 6.54 Å². The number of aliphatic hydroxyl groups is 1. The van der Waals surface area contributed by atoms with Gasteiger partial charge >= 0.3 is 5.97 Å². The molecule has 30 heavy (non-hydrogen) atoms. The fourth-order valence-corrected chi connectivity index (χ4v) is 4.31. The normalized spacial score (nSPS) is 16.7. The molecule has 1 aliphatic carbocycles. The summed E-state index contributed by atoms with van der Waals surface area (Å²) >= 11 is 6.19. The second kappa shape index (κ2) is 9.00. The quantitative estimate of drug-likeness (QED) is 0.530. The van der Waals surface area contributed by atoms with Gasteiger partial charge in [0, 0.05) is 23.2 Å². The molecule has 0 radical (unpaired) electrons. The second-order valence-corrected chi connectivity index (χ2v) is 8.16. The molecule has 3 aromatic rings. The average molecular weight is 422 g/mol. The number of aryl methyl sites for hydroxylation is 1. The van der Waals surface area contributed by atoms with Crippen molar-refractivity contribution in [2.24, 2.45) is 0 Å². The van der Waals surface area contributed by atoms with Gasteiger partial charge in [0.2, 0.25) is 0 Å². The Bertz CT molecular complexity index is 1050. The van der Waals surface area contributed by atoms with Crippen molar-refractivity contribution in [3.8, 4) is 11.1 Å². The maximum atomic E-state index is 11.1. The molecule has 0 bridgehead atoms. The van der Waals surface area contributed by atoms with Gasteiger partial charge in [-0.2, -0.15) is 0 Å². The number of aliphatic hydroxyl groups excluding tert-OH is 1. The molecular formula is C25H24ClNO3.